The number of hydrogen-bond donors (Lipinski definition) is 1. The summed E-state index contributed by atoms with van der Waals surface area (Å²) in [6.07, 6.45) is 8.05. The van der Waals surface area contributed by atoms with Gasteiger partial charge in [-0.25, -0.2) is 0 Å². The van der Waals surface area contributed by atoms with Gasteiger partial charge in [-0.1, -0.05) is 19.9 Å². The van der Waals surface area contributed by atoms with Crippen molar-refractivity contribution in [1.29, 1.82) is 0 Å². The first-order valence-electron chi connectivity index (χ1n) is 8.37. The molecule has 1 N–H and O–H groups in total. The Morgan fingerprint density at radius 2 is 2.05 bits per heavy atom. The molecule has 0 saturated carbocycles. The van der Waals surface area contributed by atoms with E-state index in [-0.39, 0.29) is 0 Å². The van der Waals surface area contributed by atoms with Crippen molar-refractivity contribution < 1.29 is 0 Å². The second kappa shape index (κ2) is 6.59. The lowest BCUT2D eigenvalue weighted by atomic mass is 9.94. The van der Waals surface area contributed by atoms with Gasteiger partial charge in [0.15, 0.2) is 0 Å². The highest BCUT2D eigenvalue weighted by Crippen LogP contribution is 2.43. The maximum absolute atomic E-state index is 3.76. The van der Waals surface area contributed by atoms with Gasteiger partial charge in [0.1, 0.15) is 0 Å². The van der Waals surface area contributed by atoms with E-state index in [4.69, 9.17) is 0 Å². The van der Waals surface area contributed by atoms with Crippen LogP contribution in [0.1, 0.15) is 63.3 Å². The zero-order valence-corrected chi connectivity index (χ0v) is 13.7. The fourth-order valence-electron chi connectivity index (χ4n) is 4.28. The molecule has 1 aromatic heterocycles. The predicted octanol–water partition coefficient (Wildman–Crippen LogP) is 4.19. The molecule has 2 nitrogen and oxygen atoms in total. The van der Waals surface area contributed by atoms with E-state index in [0.717, 1.165) is 18.1 Å². The van der Waals surface area contributed by atoms with E-state index in [9.17, 15) is 0 Å². The molecule has 3 rings (SSSR count). The number of nitrogens with zero attached hydrogens (tertiary/aromatic N) is 1. The van der Waals surface area contributed by atoms with Crippen LogP contribution in [-0.4, -0.2) is 29.6 Å². The molecule has 0 spiro atoms. The van der Waals surface area contributed by atoms with E-state index in [1.165, 1.54) is 45.1 Å². The van der Waals surface area contributed by atoms with Crippen LogP contribution in [0, 0.1) is 0 Å². The summed E-state index contributed by atoms with van der Waals surface area (Å²) in [7, 11) is 0. The predicted molar refractivity (Wildman–Crippen MR) is 87.3 cm³/mol. The zero-order valence-electron chi connectivity index (χ0n) is 12.8. The number of hydrogen-bond acceptors (Lipinski definition) is 3. The molecule has 2 aliphatic heterocycles. The van der Waals surface area contributed by atoms with Crippen molar-refractivity contribution in [2.75, 3.05) is 6.54 Å². The van der Waals surface area contributed by atoms with E-state index >= 15 is 0 Å². The standard InChI is InChI=1S/C17H28N2S/c1-3-9-18-13-11-14-7-8-15(12-13)19(14)16(4-2)17-6-5-10-20-17/h5-6,10,13-16,18H,3-4,7-9,11-12H2,1-2H3. The summed E-state index contributed by atoms with van der Waals surface area (Å²) in [6.45, 7) is 5.80. The number of piperidine rings is 1. The van der Waals surface area contributed by atoms with Gasteiger partial charge in [-0.3, -0.25) is 4.90 Å². The minimum Gasteiger partial charge on any atom is -0.314 e. The Labute approximate surface area is 127 Å². The number of thiophene rings is 1. The van der Waals surface area contributed by atoms with Gasteiger partial charge in [0.25, 0.3) is 0 Å². The van der Waals surface area contributed by atoms with Gasteiger partial charge in [-0.2, -0.15) is 0 Å². The fraction of sp³-hybridized carbons (Fsp3) is 0.765. The first-order chi connectivity index (χ1) is 9.83. The molecule has 0 amide bonds. The summed E-state index contributed by atoms with van der Waals surface area (Å²) in [6, 6.07) is 7.61. The highest BCUT2D eigenvalue weighted by Gasteiger charge is 2.43. The van der Waals surface area contributed by atoms with E-state index in [1.807, 2.05) is 11.3 Å². The van der Waals surface area contributed by atoms with Gasteiger partial charge in [-0.05, 0) is 56.5 Å². The SMILES string of the molecule is CCCNC1CC2CCC(C1)N2C(CC)c1cccs1. The average Bonchev–Trinajstić information content (AvgIpc) is 3.06. The Hall–Kier alpha value is -0.380. The third-order valence-electron chi connectivity index (χ3n) is 5.09. The van der Waals surface area contributed by atoms with Gasteiger partial charge >= 0.3 is 0 Å². The minimum atomic E-state index is 0.666. The van der Waals surface area contributed by atoms with Crippen molar-refractivity contribution in [3.8, 4) is 0 Å². The lowest BCUT2D eigenvalue weighted by molar-refractivity contribution is 0.0686. The summed E-state index contributed by atoms with van der Waals surface area (Å²) in [4.78, 5) is 4.44. The molecule has 2 aliphatic rings. The molecule has 20 heavy (non-hydrogen) atoms. The summed E-state index contributed by atoms with van der Waals surface area (Å²) < 4.78 is 0. The molecule has 3 heteroatoms. The summed E-state index contributed by atoms with van der Waals surface area (Å²) in [5.41, 5.74) is 0. The molecule has 3 unspecified atom stereocenters. The van der Waals surface area contributed by atoms with E-state index in [0.29, 0.717) is 6.04 Å². The van der Waals surface area contributed by atoms with Crippen molar-refractivity contribution in [2.24, 2.45) is 0 Å². The maximum atomic E-state index is 3.76. The minimum absolute atomic E-state index is 0.666. The Balaban J connectivity index is 1.70. The molecule has 112 valence electrons. The van der Waals surface area contributed by atoms with Gasteiger partial charge in [0, 0.05) is 29.0 Å². The second-order valence-electron chi connectivity index (χ2n) is 6.39. The fourth-order valence-corrected chi connectivity index (χ4v) is 5.19. The quantitative estimate of drug-likeness (QED) is 0.845. The Morgan fingerprint density at radius 3 is 2.60 bits per heavy atom. The molecule has 3 atom stereocenters. The summed E-state index contributed by atoms with van der Waals surface area (Å²) in [5, 5.41) is 5.99. The maximum Gasteiger partial charge on any atom is 0.0444 e. The van der Waals surface area contributed by atoms with E-state index < -0.39 is 0 Å². The zero-order chi connectivity index (χ0) is 13.9. The highest BCUT2D eigenvalue weighted by atomic mass is 32.1. The van der Waals surface area contributed by atoms with Crippen molar-refractivity contribution in [3.05, 3.63) is 22.4 Å². The molecular formula is C17H28N2S. The Morgan fingerprint density at radius 1 is 1.30 bits per heavy atom. The number of nitrogens with one attached hydrogen (secondary N) is 1. The first kappa shape index (κ1) is 14.6. The molecule has 2 bridgehead atoms. The van der Waals surface area contributed by atoms with Crippen LogP contribution in [0.2, 0.25) is 0 Å². The van der Waals surface area contributed by atoms with Crippen molar-refractivity contribution in [3.63, 3.8) is 0 Å². The lowest BCUT2D eigenvalue weighted by Crippen LogP contribution is -2.50. The molecule has 0 aromatic carbocycles. The van der Waals surface area contributed by atoms with Crippen LogP contribution >= 0.6 is 11.3 Å². The van der Waals surface area contributed by atoms with Crippen molar-refractivity contribution >= 4 is 11.3 Å². The second-order valence-corrected chi connectivity index (χ2v) is 7.37. The average molecular weight is 292 g/mol. The number of fused-ring (bicyclic) bond motifs is 2. The van der Waals surface area contributed by atoms with Gasteiger partial charge in [-0.15, -0.1) is 11.3 Å². The van der Waals surface area contributed by atoms with Crippen molar-refractivity contribution in [2.45, 2.75) is 76.5 Å². The van der Waals surface area contributed by atoms with Crippen molar-refractivity contribution in [1.82, 2.24) is 10.2 Å². The van der Waals surface area contributed by atoms with Crippen LogP contribution in [0.25, 0.3) is 0 Å². The third kappa shape index (κ3) is 2.81. The van der Waals surface area contributed by atoms with E-state index in [1.54, 1.807) is 4.88 Å². The number of rotatable bonds is 6. The van der Waals surface area contributed by atoms with Gasteiger partial charge < -0.3 is 5.32 Å². The third-order valence-corrected chi connectivity index (χ3v) is 6.06. The van der Waals surface area contributed by atoms with Crippen LogP contribution in [-0.2, 0) is 0 Å². The molecule has 3 heterocycles. The lowest BCUT2D eigenvalue weighted by Gasteiger charge is -2.43. The monoisotopic (exact) mass is 292 g/mol. The molecule has 0 aliphatic carbocycles. The topological polar surface area (TPSA) is 15.3 Å². The molecule has 2 saturated heterocycles. The van der Waals surface area contributed by atoms with Crippen LogP contribution in [0.15, 0.2) is 17.5 Å². The van der Waals surface area contributed by atoms with Gasteiger partial charge in [0.05, 0.1) is 0 Å². The van der Waals surface area contributed by atoms with Crippen LogP contribution < -0.4 is 5.32 Å². The van der Waals surface area contributed by atoms with E-state index in [2.05, 4.69) is 41.6 Å². The largest absolute Gasteiger partial charge is 0.314 e. The van der Waals surface area contributed by atoms with Crippen LogP contribution in [0.3, 0.4) is 0 Å². The Kier molecular flexibility index (Phi) is 4.79. The summed E-state index contributed by atoms with van der Waals surface area (Å²) in [5.74, 6) is 0. The molecule has 2 fully saturated rings. The van der Waals surface area contributed by atoms with Crippen LogP contribution in [0.5, 0.6) is 0 Å². The Bertz CT molecular complexity index is 389. The smallest absolute Gasteiger partial charge is 0.0444 e. The molecule has 0 radical (unpaired) electrons. The summed E-state index contributed by atoms with van der Waals surface area (Å²) >= 11 is 1.94. The van der Waals surface area contributed by atoms with Crippen LogP contribution in [0.4, 0.5) is 0 Å². The normalized spacial score (nSPS) is 31.6. The molecular weight excluding hydrogens is 264 g/mol. The van der Waals surface area contributed by atoms with Gasteiger partial charge in [0.2, 0.25) is 0 Å². The molecule has 1 aromatic rings. The highest BCUT2D eigenvalue weighted by molar-refractivity contribution is 7.10. The first-order valence-corrected chi connectivity index (χ1v) is 9.25.